The van der Waals surface area contributed by atoms with Gasteiger partial charge in [-0.3, -0.25) is 19.3 Å². The van der Waals surface area contributed by atoms with E-state index in [1.165, 1.54) is 30.6 Å². The number of amides is 3. The maximum Gasteiger partial charge on any atom is 0.233 e. The van der Waals surface area contributed by atoms with Crippen molar-refractivity contribution in [2.24, 2.45) is 11.8 Å². The molecule has 150 valence electrons. The lowest BCUT2D eigenvalue weighted by molar-refractivity contribution is -0.153. The van der Waals surface area contributed by atoms with Crippen LogP contribution in [-0.4, -0.2) is 59.4 Å². The van der Waals surface area contributed by atoms with Crippen LogP contribution in [0.25, 0.3) is 0 Å². The van der Waals surface area contributed by atoms with Gasteiger partial charge in [0.05, 0.1) is 24.0 Å². The number of ether oxygens (including phenoxy) is 1. The Balaban J connectivity index is 1.34. The monoisotopic (exact) mass is 376 g/mol. The fourth-order valence-electron chi connectivity index (χ4n) is 5.55. The molecular formula is C21H32N2O4. The van der Waals surface area contributed by atoms with E-state index in [1.807, 2.05) is 4.90 Å². The Labute approximate surface area is 161 Å². The molecule has 0 unspecified atom stereocenters. The van der Waals surface area contributed by atoms with E-state index in [0.29, 0.717) is 19.7 Å². The second-order valence-electron chi connectivity index (χ2n) is 8.84. The highest BCUT2D eigenvalue weighted by molar-refractivity contribution is 6.05. The highest BCUT2D eigenvalue weighted by atomic mass is 16.5. The maximum atomic E-state index is 12.8. The number of morpholine rings is 1. The molecule has 4 fully saturated rings. The van der Waals surface area contributed by atoms with E-state index in [9.17, 15) is 14.4 Å². The van der Waals surface area contributed by atoms with Crippen molar-refractivity contribution in [3.8, 4) is 0 Å². The third-order valence-corrected chi connectivity index (χ3v) is 7.10. The van der Waals surface area contributed by atoms with E-state index in [0.717, 1.165) is 38.5 Å². The van der Waals surface area contributed by atoms with Crippen LogP contribution < -0.4 is 0 Å². The highest BCUT2D eigenvalue weighted by Gasteiger charge is 2.48. The van der Waals surface area contributed by atoms with Crippen molar-refractivity contribution < 1.29 is 19.1 Å². The molecule has 27 heavy (non-hydrogen) atoms. The van der Waals surface area contributed by atoms with Gasteiger partial charge >= 0.3 is 0 Å². The lowest BCUT2D eigenvalue weighted by Gasteiger charge is -2.42. The van der Waals surface area contributed by atoms with Gasteiger partial charge < -0.3 is 9.64 Å². The summed E-state index contributed by atoms with van der Waals surface area (Å²) >= 11 is 0. The smallest absolute Gasteiger partial charge is 0.233 e. The summed E-state index contributed by atoms with van der Waals surface area (Å²) in [5, 5.41) is 0. The van der Waals surface area contributed by atoms with Crippen molar-refractivity contribution in [3.05, 3.63) is 0 Å². The molecule has 3 amide bonds. The van der Waals surface area contributed by atoms with Gasteiger partial charge in [0.2, 0.25) is 17.7 Å². The summed E-state index contributed by atoms with van der Waals surface area (Å²) in [6.45, 7) is 2.12. The molecule has 2 heterocycles. The third kappa shape index (κ3) is 3.78. The van der Waals surface area contributed by atoms with Gasteiger partial charge in [-0.25, -0.2) is 0 Å². The maximum absolute atomic E-state index is 12.8. The van der Waals surface area contributed by atoms with Crippen LogP contribution in [0.3, 0.4) is 0 Å². The number of hydrogen-bond acceptors (Lipinski definition) is 4. The Kier molecular flexibility index (Phi) is 5.53. The first-order chi connectivity index (χ1) is 13.1. The molecule has 6 heteroatoms. The number of hydrogen-bond donors (Lipinski definition) is 0. The topological polar surface area (TPSA) is 66.9 Å². The van der Waals surface area contributed by atoms with Crippen molar-refractivity contribution in [1.82, 2.24) is 9.80 Å². The Bertz CT molecular complexity index is 573. The first-order valence-electron chi connectivity index (χ1n) is 10.9. The lowest BCUT2D eigenvalue weighted by atomic mass is 9.81. The number of carbonyl (C=O) groups excluding carboxylic acids is 3. The molecule has 2 atom stereocenters. The second kappa shape index (κ2) is 7.90. The molecule has 2 saturated carbocycles. The zero-order chi connectivity index (χ0) is 18.9. The molecular weight excluding hydrogens is 344 g/mol. The molecule has 0 bridgehead atoms. The van der Waals surface area contributed by atoms with Crippen LogP contribution in [0.5, 0.6) is 0 Å². The molecule has 0 aromatic heterocycles. The normalized spacial score (nSPS) is 31.1. The summed E-state index contributed by atoms with van der Waals surface area (Å²) in [7, 11) is 0. The van der Waals surface area contributed by atoms with Crippen LogP contribution in [0.15, 0.2) is 0 Å². The molecule has 0 aromatic carbocycles. The third-order valence-electron chi connectivity index (χ3n) is 7.10. The molecule has 4 rings (SSSR count). The van der Waals surface area contributed by atoms with E-state index in [2.05, 4.69) is 0 Å². The van der Waals surface area contributed by atoms with Gasteiger partial charge in [-0.2, -0.15) is 0 Å². The summed E-state index contributed by atoms with van der Waals surface area (Å²) < 4.78 is 6.13. The second-order valence-corrected chi connectivity index (χ2v) is 8.84. The Morgan fingerprint density at radius 1 is 0.963 bits per heavy atom. The molecule has 2 aliphatic carbocycles. The number of likely N-dealkylation sites (tertiary alicyclic amines) is 1. The van der Waals surface area contributed by atoms with Gasteiger partial charge in [-0.15, -0.1) is 0 Å². The van der Waals surface area contributed by atoms with E-state index >= 15 is 0 Å². The summed E-state index contributed by atoms with van der Waals surface area (Å²) in [6, 6.07) is 0. The lowest BCUT2D eigenvalue weighted by Crippen LogP contribution is -2.53. The van der Waals surface area contributed by atoms with E-state index in [1.54, 1.807) is 0 Å². The average Bonchev–Trinajstić information content (AvgIpc) is 2.82. The zero-order valence-electron chi connectivity index (χ0n) is 16.3. The van der Waals surface area contributed by atoms with Crippen LogP contribution >= 0.6 is 0 Å². The zero-order valence-corrected chi connectivity index (χ0v) is 16.3. The fraction of sp³-hybridized carbons (Fsp3) is 0.857. The van der Waals surface area contributed by atoms with Crippen LogP contribution in [0.4, 0.5) is 0 Å². The minimum Gasteiger partial charge on any atom is -0.371 e. The van der Waals surface area contributed by atoms with Gasteiger partial charge in [-0.05, 0) is 25.7 Å². The van der Waals surface area contributed by atoms with Crippen molar-refractivity contribution >= 4 is 17.7 Å². The Hall–Kier alpha value is -1.43. The SMILES string of the molecule is O=C(CCN1C(=O)[C@H]2CCCC[C@H]2C1=O)N1CCOC2(CCCCCC2)C1. The van der Waals surface area contributed by atoms with Gasteiger partial charge in [-0.1, -0.05) is 38.5 Å². The molecule has 1 spiro atoms. The quantitative estimate of drug-likeness (QED) is 0.710. The van der Waals surface area contributed by atoms with E-state index in [4.69, 9.17) is 4.74 Å². The van der Waals surface area contributed by atoms with Crippen LogP contribution in [0.1, 0.15) is 70.6 Å². The summed E-state index contributed by atoms with van der Waals surface area (Å²) in [6.07, 6.45) is 10.9. The molecule has 0 aromatic rings. The van der Waals surface area contributed by atoms with Gasteiger partial charge in [0, 0.05) is 26.1 Å². The Morgan fingerprint density at radius 2 is 1.59 bits per heavy atom. The number of rotatable bonds is 3. The predicted octanol–water partition coefficient (Wildman–Crippen LogP) is 2.50. The summed E-state index contributed by atoms with van der Waals surface area (Å²) in [5.41, 5.74) is -0.168. The number of fused-ring (bicyclic) bond motifs is 1. The molecule has 4 aliphatic rings. The molecule has 2 saturated heterocycles. The standard InChI is InChI=1S/C21H32N2O4/c24-18(22-13-14-27-21(15-22)10-5-1-2-6-11-21)9-12-23-19(25)16-7-3-4-8-17(16)20(23)26/h16-17H,1-15H2/t16-,17+. The minimum absolute atomic E-state index is 0.0419. The largest absolute Gasteiger partial charge is 0.371 e. The number of carbonyl (C=O) groups is 3. The van der Waals surface area contributed by atoms with Gasteiger partial charge in [0.1, 0.15) is 0 Å². The average molecular weight is 376 g/mol. The van der Waals surface area contributed by atoms with Crippen molar-refractivity contribution in [3.63, 3.8) is 0 Å². The van der Waals surface area contributed by atoms with Crippen LogP contribution in [0, 0.1) is 11.8 Å². The van der Waals surface area contributed by atoms with Crippen LogP contribution in [-0.2, 0) is 19.1 Å². The number of nitrogens with zero attached hydrogens (tertiary/aromatic N) is 2. The van der Waals surface area contributed by atoms with Crippen molar-refractivity contribution in [2.75, 3.05) is 26.2 Å². The first-order valence-corrected chi connectivity index (χ1v) is 10.9. The highest BCUT2D eigenvalue weighted by Crippen LogP contribution is 2.38. The number of imide groups is 1. The first kappa shape index (κ1) is 18.9. The van der Waals surface area contributed by atoms with Gasteiger partial charge in [0.15, 0.2) is 0 Å². The molecule has 2 aliphatic heterocycles. The molecule has 6 nitrogen and oxygen atoms in total. The predicted molar refractivity (Wildman–Crippen MR) is 99.8 cm³/mol. The minimum atomic E-state index is -0.168. The van der Waals surface area contributed by atoms with Gasteiger partial charge in [0.25, 0.3) is 0 Å². The Morgan fingerprint density at radius 3 is 2.22 bits per heavy atom. The van der Waals surface area contributed by atoms with Crippen molar-refractivity contribution in [1.29, 1.82) is 0 Å². The molecule has 0 radical (unpaired) electrons. The van der Waals surface area contributed by atoms with E-state index in [-0.39, 0.29) is 48.1 Å². The van der Waals surface area contributed by atoms with Crippen LogP contribution in [0.2, 0.25) is 0 Å². The van der Waals surface area contributed by atoms with Crippen molar-refractivity contribution in [2.45, 2.75) is 76.2 Å². The molecule has 0 N–H and O–H groups in total. The summed E-state index contributed by atoms with van der Waals surface area (Å²) in [5.74, 6) is -0.283. The fourth-order valence-corrected chi connectivity index (χ4v) is 5.55. The summed E-state index contributed by atoms with van der Waals surface area (Å²) in [4.78, 5) is 41.3. The van der Waals surface area contributed by atoms with E-state index < -0.39 is 0 Å².